The molecule has 114 valence electrons. The number of aryl methyl sites for hydroxylation is 1. The van der Waals surface area contributed by atoms with Gasteiger partial charge in [0.25, 0.3) is 5.56 Å². The molecule has 2 rings (SSSR count). The molecule has 0 spiro atoms. The van der Waals surface area contributed by atoms with Crippen molar-refractivity contribution in [3.8, 4) is 5.75 Å². The van der Waals surface area contributed by atoms with E-state index in [1.807, 2.05) is 6.92 Å². The van der Waals surface area contributed by atoms with E-state index in [0.29, 0.717) is 17.9 Å². The smallest absolute Gasteiger partial charge is 0.364 e. The summed E-state index contributed by atoms with van der Waals surface area (Å²) in [4.78, 5) is 34.8. The van der Waals surface area contributed by atoms with Crippen molar-refractivity contribution in [2.24, 2.45) is 0 Å². The lowest BCUT2D eigenvalue weighted by atomic mass is 10.1. The second-order valence-corrected chi connectivity index (χ2v) is 4.75. The van der Waals surface area contributed by atoms with Crippen LogP contribution in [0, 0.1) is 0 Å². The first-order valence-electron chi connectivity index (χ1n) is 6.92. The SMILES string of the molecule is CCCn1nc(C(=O)Oc2ccc(C(C)=O)cc2)ccc1=O. The van der Waals surface area contributed by atoms with Gasteiger partial charge in [-0.3, -0.25) is 9.59 Å². The van der Waals surface area contributed by atoms with Crippen molar-refractivity contribution in [2.75, 3.05) is 0 Å². The molecule has 0 atom stereocenters. The van der Waals surface area contributed by atoms with Gasteiger partial charge in [0.1, 0.15) is 5.75 Å². The Morgan fingerprint density at radius 2 is 1.82 bits per heavy atom. The van der Waals surface area contributed by atoms with Crippen LogP contribution >= 0.6 is 0 Å². The summed E-state index contributed by atoms with van der Waals surface area (Å²) in [5.74, 6) is -0.406. The molecule has 0 radical (unpaired) electrons. The minimum Gasteiger partial charge on any atom is -0.422 e. The van der Waals surface area contributed by atoms with Crippen molar-refractivity contribution in [2.45, 2.75) is 26.8 Å². The third kappa shape index (κ3) is 3.66. The highest BCUT2D eigenvalue weighted by Crippen LogP contribution is 2.14. The Balaban J connectivity index is 2.16. The molecule has 0 bridgehead atoms. The molecular formula is C16H16N2O4. The fourth-order valence-electron chi connectivity index (χ4n) is 1.85. The number of hydrogen-bond donors (Lipinski definition) is 0. The third-order valence-corrected chi connectivity index (χ3v) is 2.98. The van der Waals surface area contributed by atoms with Crippen molar-refractivity contribution >= 4 is 11.8 Å². The molecule has 22 heavy (non-hydrogen) atoms. The number of Topliss-reactive ketones (excluding diaryl/α,β-unsaturated/α-hetero) is 1. The maximum atomic E-state index is 12.0. The van der Waals surface area contributed by atoms with Crippen LogP contribution < -0.4 is 10.3 Å². The van der Waals surface area contributed by atoms with E-state index >= 15 is 0 Å². The summed E-state index contributed by atoms with van der Waals surface area (Å²) in [6, 6.07) is 8.86. The van der Waals surface area contributed by atoms with Gasteiger partial charge in [-0.15, -0.1) is 0 Å². The number of carbonyl (C=O) groups is 2. The largest absolute Gasteiger partial charge is 0.422 e. The van der Waals surface area contributed by atoms with Crippen molar-refractivity contribution in [3.63, 3.8) is 0 Å². The number of ketones is 1. The maximum Gasteiger partial charge on any atom is 0.364 e. The maximum absolute atomic E-state index is 12.0. The van der Waals surface area contributed by atoms with E-state index in [4.69, 9.17) is 4.74 Å². The number of hydrogen-bond acceptors (Lipinski definition) is 5. The number of carbonyl (C=O) groups excluding carboxylic acids is 2. The fraction of sp³-hybridized carbons (Fsp3) is 0.250. The number of aromatic nitrogens is 2. The number of nitrogens with zero attached hydrogens (tertiary/aromatic N) is 2. The molecule has 6 heteroatoms. The lowest BCUT2D eigenvalue weighted by molar-refractivity contribution is 0.0725. The van der Waals surface area contributed by atoms with Crippen LogP contribution in [0.5, 0.6) is 5.75 Å². The van der Waals surface area contributed by atoms with Crippen LogP contribution in [0.1, 0.15) is 41.1 Å². The van der Waals surface area contributed by atoms with Crippen LogP contribution in [-0.4, -0.2) is 21.5 Å². The van der Waals surface area contributed by atoms with Crippen LogP contribution in [0.15, 0.2) is 41.2 Å². The van der Waals surface area contributed by atoms with Crippen LogP contribution in [0.4, 0.5) is 0 Å². The van der Waals surface area contributed by atoms with Gasteiger partial charge in [-0.25, -0.2) is 9.48 Å². The molecule has 0 fully saturated rings. The second kappa shape index (κ2) is 6.80. The molecule has 0 unspecified atom stereocenters. The van der Waals surface area contributed by atoms with Gasteiger partial charge >= 0.3 is 5.97 Å². The zero-order valence-corrected chi connectivity index (χ0v) is 12.4. The molecule has 0 aliphatic carbocycles. The Morgan fingerprint density at radius 1 is 1.14 bits per heavy atom. The minimum atomic E-state index is -0.652. The summed E-state index contributed by atoms with van der Waals surface area (Å²) in [7, 11) is 0. The van der Waals surface area contributed by atoms with Gasteiger partial charge < -0.3 is 4.74 Å². The summed E-state index contributed by atoms with van der Waals surface area (Å²) in [5, 5.41) is 3.98. The zero-order chi connectivity index (χ0) is 16.1. The fourth-order valence-corrected chi connectivity index (χ4v) is 1.85. The first kappa shape index (κ1) is 15.6. The summed E-state index contributed by atoms with van der Waals surface area (Å²) in [6.07, 6.45) is 0.734. The van der Waals surface area contributed by atoms with Crippen LogP contribution in [0.3, 0.4) is 0 Å². The third-order valence-electron chi connectivity index (χ3n) is 2.98. The molecule has 0 saturated heterocycles. The molecule has 0 aliphatic heterocycles. The highest BCUT2D eigenvalue weighted by atomic mass is 16.5. The monoisotopic (exact) mass is 300 g/mol. The molecule has 2 aromatic rings. The Morgan fingerprint density at radius 3 is 2.41 bits per heavy atom. The van der Waals surface area contributed by atoms with Crippen molar-refractivity contribution in [1.29, 1.82) is 0 Å². The van der Waals surface area contributed by atoms with E-state index in [2.05, 4.69) is 5.10 Å². The summed E-state index contributed by atoms with van der Waals surface area (Å²) >= 11 is 0. The number of ether oxygens (including phenoxy) is 1. The van der Waals surface area contributed by atoms with Crippen molar-refractivity contribution in [3.05, 3.63) is 58.0 Å². The average molecular weight is 300 g/mol. The van der Waals surface area contributed by atoms with E-state index in [9.17, 15) is 14.4 Å². The average Bonchev–Trinajstić information content (AvgIpc) is 2.50. The Hall–Kier alpha value is -2.76. The standard InChI is InChI=1S/C16H16N2O4/c1-3-10-18-15(20)9-8-14(17-18)16(21)22-13-6-4-12(5-7-13)11(2)19/h4-9H,3,10H2,1-2H3. The topological polar surface area (TPSA) is 78.3 Å². The van der Waals surface area contributed by atoms with Gasteiger partial charge in [-0.1, -0.05) is 6.92 Å². The van der Waals surface area contributed by atoms with E-state index in [0.717, 1.165) is 6.42 Å². The molecule has 0 saturated carbocycles. The summed E-state index contributed by atoms with van der Waals surface area (Å²) in [6.45, 7) is 3.81. The number of benzene rings is 1. The van der Waals surface area contributed by atoms with Gasteiger partial charge in [-0.05, 0) is 43.7 Å². The zero-order valence-electron chi connectivity index (χ0n) is 12.4. The van der Waals surface area contributed by atoms with E-state index in [-0.39, 0.29) is 17.0 Å². The second-order valence-electron chi connectivity index (χ2n) is 4.75. The van der Waals surface area contributed by atoms with Gasteiger partial charge in [0, 0.05) is 18.2 Å². The molecular weight excluding hydrogens is 284 g/mol. The first-order valence-corrected chi connectivity index (χ1v) is 6.92. The molecule has 1 aromatic heterocycles. The van der Waals surface area contributed by atoms with E-state index < -0.39 is 5.97 Å². The molecule has 0 aliphatic rings. The molecule has 1 aromatic carbocycles. The van der Waals surface area contributed by atoms with Gasteiger partial charge in [-0.2, -0.15) is 5.10 Å². The lowest BCUT2D eigenvalue weighted by Gasteiger charge is -2.06. The van der Waals surface area contributed by atoms with Gasteiger partial charge in [0.05, 0.1) is 0 Å². The van der Waals surface area contributed by atoms with Crippen molar-refractivity contribution < 1.29 is 14.3 Å². The predicted octanol–water partition coefficient (Wildman–Crippen LogP) is 2.08. The minimum absolute atomic E-state index is 0.0590. The van der Waals surface area contributed by atoms with Gasteiger partial charge in [0.2, 0.25) is 0 Å². The van der Waals surface area contributed by atoms with E-state index in [1.54, 1.807) is 12.1 Å². The van der Waals surface area contributed by atoms with Gasteiger partial charge in [0.15, 0.2) is 11.5 Å². The molecule has 0 amide bonds. The lowest BCUT2D eigenvalue weighted by Crippen LogP contribution is -2.25. The Labute approximate surface area is 127 Å². The molecule has 1 heterocycles. The highest BCUT2D eigenvalue weighted by molar-refractivity contribution is 5.94. The van der Waals surface area contributed by atoms with Crippen molar-refractivity contribution in [1.82, 2.24) is 9.78 Å². The quantitative estimate of drug-likeness (QED) is 0.480. The van der Waals surface area contributed by atoms with E-state index in [1.165, 1.54) is 35.9 Å². The van der Waals surface area contributed by atoms with Crippen LogP contribution in [0.25, 0.3) is 0 Å². The Kier molecular flexibility index (Phi) is 4.83. The summed E-state index contributed by atoms with van der Waals surface area (Å²) in [5.41, 5.74) is 0.335. The van der Waals surface area contributed by atoms with Crippen LogP contribution in [0.2, 0.25) is 0 Å². The normalized spacial score (nSPS) is 10.3. The van der Waals surface area contributed by atoms with Crippen LogP contribution in [-0.2, 0) is 6.54 Å². The molecule has 6 nitrogen and oxygen atoms in total. The Bertz CT molecular complexity index is 747. The number of rotatable bonds is 5. The molecule has 0 N–H and O–H groups in total. The first-order chi connectivity index (χ1) is 10.5. The highest BCUT2D eigenvalue weighted by Gasteiger charge is 2.12. The number of esters is 1. The predicted molar refractivity (Wildman–Crippen MR) is 80.2 cm³/mol. The summed E-state index contributed by atoms with van der Waals surface area (Å²) < 4.78 is 6.41.